The molecule has 37 heavy (non-hydrogen) atoms. The second-order valence-corrected chi connectivity index (χ2v) is 10.6. The van der Waals surface area contributed by atoms with Crippen LogP contribution in [0, 0.1) is 11.3 Å². The standard InChI is InChI=1S/C27H31ClF3N3O3/c1-33(2)23(35)21-9-8-20(16-22(21)28)37-15-10-19-17-25(19)11-13-34(14-12-25)24(36)26(32,27(29,30)31)18-6-4-3-5-7-18/h3-9,16,19H,10-15,17,32H2,1-2H3/t19-,26?/m0/s1. The van der Waals surface area contributed by atoms with Gasteiger partial charge in [0.25, 0.3) is 11.8 Å². The molecule has 2 fully saturated rings. The monoisotopic (exact) mass is 537 g/mol. The number of ether oxygens (including phenoxy) is 1. The van der Waals surface area contributed by atoms with E-state index < -0.39 is 17.6 Å². The van der Waals surface area contributed by atoms with Gasteiger partial charge >= 0.3 is 6.18 Å². The van der Waals surface area contributed by atoms with Gasteiger partial charge in [0.1, 0.15) is 5.75 Å². The number of alkyl halides is 3. The second kappa shape index (κ2) is 10.2. The molecule has 6 nitrogen and oxygen atoms in total. The van der Waals surface area contributed by atoms with Crippen LogP contribution in [0.15, 0.2) is 48.5 Å². The summed E-state index contributed by atoms with van der Waals surface area (Å²) in [6.45, 7) is 0.949. The van der Waals surface area contributed by atoms with Crippen molar-refractivity contribution in [2.45, 2.75) is 37.4 Å². The minimum Gasteiger partial charge on any atom is -0.494 e. The van der Waals surface area contributed by atoms with Crippen molar-refractivity contribution in [3.05, 3.63) is 64.7 Å². The van der Waals surface area contributed by atoms with E-state index in [2.05, 4.69) is 0 Å². The molecule has 10 heteroatoms. The van der Waals surface area contributed by atoms with Gasteiger partial charge in [0, 0.05) is 27.2 Å². The third-order valence-electron chi connectivity index (χ3n) is 7.73. The lowest BCUT2D eigenvalue weighted by Crippen LogP contribution is -2.62. The first-order valence-electron chi connectivity index (χ1n) is 12.2. The van der Waals surface area contributed by atoms with Gasteiger partial charge in [-0.2, -0.15) is 13.2 Å². The van der Waals surface area contributed by atoms with Crippen LogP contribution in [0.1, 0.15) is 41.6 Å². The molecule has 2 amide bonds. The number of piperidine rings is 1. The maximum atomic E-state index is 14.0. The van der Waals surface area contributed by atoms with Crippen molar-refractivity contribution in [3.63, 3.8) is 0 Å². The predicted octanol–water partition coefficient (Wildman–Crippen LogP) is 4.86. The molecular formula is C27H31ClF3N3O3. The Kier molecular flexibility index (Phi) is 7.50. The molecule has 4 rings (SSSR count). The van der Waals surface area contributed by atoms with E-state index in [0.717, 1.165) is 12.8 Å². The van der Waals surface area contributed by atoms with Crippen molar-refractivity contribution >= 4 is 23.4 Å². The van der Waals surface area contributed by atoms with Crippen molar-refractivity contribution in [2.24, 2.45) is 17.1 Å². The highest BCUT2D eigenvalue weighted by atomic mass is 35.5. The van der Waals surface area contributed by atoms with E-state index in [1.165, 1.54) is 34.1 Å². The van der Waals surface area contributed by atoms with Crippen molar-refractivity contribution in [1.29, 1.82) is 0 Å². The van der Waals surface area contributed by atoms with Crippen LogP contribution in [0.5, 0.6) is 5.75 Å². The van der Waals surface area contributed by atoms with Crippen LogP contribution < -0.4 is 10.5 Å². The zero-order valence-corrected chi connectivity index (χ0v) is 21.6. The molecule has 2 aromatic carbocycles. The van der Waals surface area contributed by atoms with Crippen LogP contribution in [0.4, 0.5) is 13.2 Å². The van der Waals surface area contributed by atoms with Gasteiger partial charge in [-0.25, -0.2) is 0 Å². The van der Waals surface area contributed by atoms with Crippen molar-refractivity contribution in [3.8, 4) is 5.75 Å². The lowest BCUT2D eigenvalue weighted by Gasteiger charge is -2.39. The number of nitrogens with two attached hydrogens (primary N) is 1. The minimum absolute atomic E-state index is 0.0298. The fourth-order valence-electron chi connectivity index (χ4n) is 5.29. The molecule has 2 aliphatic rings. The molecule has 1 aliphatic carbocycles. The number of nitrogens with zero attached hydrogens (tertiary/aromatic N) is 2. The summed E-state index contributed by atoms with van der Waals surface area (Å²) in [4.78, 5) is 27.9. The number of hydrogen-bond donors (Lipinski definition) is 1. The summed E-state index contributed by atoms with van der Waals surface area (Å²) < 4.78 is 47.9. The first kappa shape index (κ1) is 27.3. The Labute approximate surface area is 219 Å². The Balaban J connectivity index is 1.30. The highest BCUT2D eigenvalue weighted by Crippen LogP contribution is 2.61. The van der Waals surface area contributed by atoms with E-state index in [1.807, 2.05) is 0 Å². The van der Waals surface area contributed by atoms with Gasteiger partial charge in [-0.05, 0) is 60.8 Å². The Bertz CT molecular complexity index is 1150. The number of amides is 2. The van der Waals surface area contributed by atoms with Gasteiger partial charge < -0.3 is 20.3 Å². The maximum Gasteiger partial charge on any atom is 0.419 e. The summed E-state index contributed by atoms with van der Waals surface area (Å²) in [6, 6.07) is 11.9. The Morgan fingerprint density at radius 1 is 1.14 bits per heavy atom. The van der Waals surface area contributed by atoms with E-state index in [9.17, 15) is 22.8 Å². The van der Waals surface area contributed by atoms with E-state index in [-0.39, 0.29) is 30.0 Å². The number of likely N-dealkylation sites (tertiary alicyclic amines) is 1. The Morgan fingerprint density at radius 2 is 1.78 bits per heavy atom. The first-order chi connectivity index (χ1) is 17.4. The average molecular weight is 538 g/mol. The average Bonchev–Trinajstić information content (AvgIpc) is 3.53. The summed E-state index contributed by atoms with van der Waals surface area (Å²) in [5, 5.41) is 0.321. The minimum atomic E-state index is -4.92. The van der Waals surface area contributed by atoms with Crippen molar-refractivity contribution in [2.75, 3.05) is 33.8 Å². The molecule has 0 bridgehead atoms. The zero-order valence-electron chi connectivity index (χ0n) is 20.9. The topological polar surface area (TPSA) is 75.9 Å². The highest BCUT2D eigenvalue weighted by molar-refractivity contribution is 6.34. The summed E-state index contributed by atoms with van der Waals surface area (Å²) in [5.74, 6) is -0.334. The van der Waals surface area contributed by atoms with Crippen LogP contribution in [-0.4, -0.2) is 61.6 Å². The van der Waals surface area contributed by atoms with Gasteiger partial charge in [-0.15, -0.1) is 0 Å². The molecule has 200 valence electrons. The van der Waals surface area contributed by atoms with E-state index in [4.69, 9.17) is 22.1 Å². The Hall–Kier alpha value is -2.78. The molecule has 2 atom stereocenters. The fraction of sp³-hybridized carbons (Fsp3) is 0.481. The summed E-state index contributed by atoms with van der Waals surface area (Å²) in [5.41, 5.74) is 2.90. The molecular weight excluding hydrogens is 507 g/mol. The number of benzene rings is 2. The quantitative estimate of drug-likeness (QED) is 0.547. The van der Waals surface area contributed by atoms with Crippen LogP contribution in [0.3, 0.4) is 0 Å². The molecule has 1 saturated carbocycles. The number of halogens is 4. The van der Waals surface area contributed by atoms with Crippen LogP contribution in [-0.2, 0) is 10.3 Å². The number of carbonyl (C=O) groups is 2. The first-order valence-corrected chi connectivity index (χ1v) is 12.6. The molecule has 1 saturated heterocycles. The summed E-state index contributed by atoms with van der Waals surface area (Å²) in [6.07, 6.45) is -1.89. The molecule has 0 radical (unpaired) electrons. The largest absolute Gasteiger partial charge is 0.494 e. The van der Waals surface area contributed by atoms with E-state index >= 15 is 0 Å². The molecule has 2 N–H and O–H groups in total. The molecule has 1 aliphatic heterocycles. The van der Waals surface area contributed by atoms with Gasteiger partial charge in [0.05, 0.1) is 17.2 Å². The number of carbonyl (C=O) groups excluding carboxylic acids is 2. The summed E-state index contributed by atoms with van der Waals surface area (Å²) in [7, 11) is 3.31. The van der Waals surface area contributed by atoms with Crippen molar-refractivity contribution in [1.82, 2.24) is 9.80 Å². The van der Waals surface area contributed by atoms with Gasteiger partial charge in [0.15, 0.2) is 0 Å². The third-order valence-corrected chi connectivity index (χ3v) is 8.04. The third kappa shape index (κ3) is 5.29. The smallest absolute Gasteiger partial charge is 0.419 e. The highest BCUT2D eigenvalue weighted by Gasteiger charge is 2.62. The number of rotatable bonds is 7. The SMILES string of the molecule is CN(C)C(=O)c1ccc(OCC[C@H]2CC23CCN(C(=O)C(N)(c2ccccc2)C(F)(F)F)CC3)cc1Cl. The maximum absolute atomic E-state index is 14.0. The predicted molar refractivity (Wildman–Crippen MR) is 134 cm³/mol. The Morgan fingerprint density at radius 3 is 2.35 bits per heavy atom. The van der Waals surface area contributed by atoms with Crippen LogP contribution in [0.2, 0.25) is 5.02 Å². The molecule has 1 heterocycles. The zero-order chi connectivity index (χ0) is 27.0. The normalized spacial score (nSPS) is 20.3. The van der Waals surface area contributed by atoms with Gasteiger partial charge in [-0.3, -0.25) is 9.59 Å². The lowest BCUT2D eigenvalue weighted by molar-refractivity contribution is -0.201. The van der Waals surface area contributed by atoms with Crippen LogP contribution >= 0.6 is 11.6 Å². The summed E-state index contributed by atoms with van der Waals surface area (Å²) >= 11 is 6.24. The van der Waals surface area contributed by atoms with E-state index in [1.54, 1.807) is 38.4 Å². The van der Waals surface area contributed by atoms with E-state index in [0.29, 0.717) is 41.7 Å². The number of hydrogen-bond acceptors (Lipinski definition) is 4. The fourth-order valence-corrected chi connectivity index (χ4v) is 5.54. The molecule has 0 aromatic heterocycles. The van der Waals surface area contributed by atoms with Gasteiger partial charge in [0.2, 0.25) is 5.54 Å². The van der Waals surface area contributed by atoms with Gasteiger partial charge in [-0.1, -0.05) is 41.9 Å². The second-order valence-electron chi connectivity index (χ2n) is 10.2. The molecule has 1 spiro atoms. The van der Waals surface area contributed by atoms with Crippen molar-refractivity contribution < 1.29 is 27.5 Å². The molecule has 1 unspecified atom stereocenters. The molecule has 2 aromatic rings. The lowest BCUT2D eigenvalue weighted by atomic mass is 9.85. The van der Waals surface area contributed by atoms with Crippen LogP contribution in [0.25, 0.3) is 0 Å².